The van der Waals surface area contributed by atoms with Gasteiger partial charge in [0.05, 0.1) is 17.6 Å². The van der Waals surface area contributed by atoms with Gasteiger partial charge in [-0.05, 0) is 17.7 Å². The molecule has 1 atom stereocenters. The third-order valence-electron chi connectivity index (χ3n) is 4.37. The Morgan fingerprint density at radius 3 is 2.81 bits per heavy atom. The number of nitrogens with zero attached hydrogens (tertiary/aromatic N) is 2. The lowest BCUT2D eigenvalue weighted by atomic mass is 10.1. The smallest absolute Gasteiger partial charge is 0.288 e. The van der Waals surface area contributed by atoms with Gasteiger partial charge in [-0.25, -0.2) is 0 Å². The Balaban J connectivity index is 1.54. The van der Waals surface area contributed by atoms with E-state index in [2.05, 4.69) is 22.3 Å². The Morgan fingerprint density at radius 2 is 2.07 bits per heavy atom. The standard InChI is InChI=1S/C19H20ClN3O4/c20-17-7-6-15(10-18(17)23(25)26)19(24)21-11-16-13-22(8-9-27-16)12-14-4-2-1-3-5-14/h1-7,10,16H,8-9,11-13H2,(H,21,24). The van der Waals surface area contributed by atoms with Crippen molar-refractivity contribution in [2.75, 3.05) is 26.2 Å². The van der Waals surface area contributed by atoms with Gasteiger partial charge in [-0.1, -0.05) is 41.9 Å². The van der Waals surface area contributed by atoms with Crippen molar-refractivity contribution < 1.29 is 14.5 Å². The molecule has 2 aromatic rings. The van der Waals surface area contributed by atoms with Crippen LogP contribution in [0.25, 0.3) is 0 Å². The third-order valence-corrected chi connectivity index (χ3v) is 4.69. The van der Waals surface area contributed by atoms with Gasteiger partial charge in [-0.3, -0.25) is 19.8 Å². The van der Waals surface area contributed by atoms with Crippen LogP contribution in [0.4, 0.5) is 5.69 Å². The van der Waals surface area contributed by atoms with E-state index in [9.17, 15) is 14.9 Å². The number of morpholine rings is 1. The van der Waals surface area contributed by atoms with Crippen LogP contribution in [-0.2, 0) is 11.3 Å². The SMILES string of the molecule is O=C(NCC1CN(Cc2ccccc2)CCO1)c1ccc(Cl)c([N+](=O)[O-])c1. The molecule has 0 aliphatic carbocycles. The van der Waals surface area contributed by atoms with Crippen molar-refractivity contribution in [3.8, 4) is 0 Å². The second-order valence-electron chi connectivity index (χ2n) is 6.35. The molecule has 1 N–H and O–H groups in total. The second kappa shape index (κ2) is 8.94. The number of ether oxygens (including phenoxy) is 1. The topological polar surface area (TPSA) is 84.7 Å². The highest BCUT2D eigenvalue weighted by Gasteiger charge is 2.22. The molecule has 0 aromatic heterocycles. The lowest BCUT2D eigenvalue weighted by Crippen LogP contribution is -2.47. The summed E-state index contributed by atoms with van der Waals surface area (Å²) in [4.78, 5) is 24.9. The van der Waals surface area contributed by atoms with Gasteiger partial charge in [0.25, 0.3) is 11.6 Å². The fraction of sp³-hybridized carbons (Fsp3) is 0.316. The second-order valence-corrected chi connectivity index (χ2v) is 6.75. The molecule has 2 aromatic carbocycles. The highest BCUT2D eigenvalue weighted by molar-refractivity contribution is 6.32. The maximum Gasteiger partial charge on any atom is 0.288 e. The molecule has 1 aliphatic rings. The van der Waals surface area contributed by atoms with Gasteiger partial charge in [-0.2, -0.15) is 0 Å². The van der Waals surface area contributed by atoms with Crippen molar-refractivity contribution in [1.29, 1.82) is 0 Å². The minimum atomic E-state index is -0.606. The van der Waals surface area contributed by atoms with Crippen LogP contribution < -0.4 is 5.32 Å². The Labute approximate surface area is 162 Å². The Morgan fingerprint density at radius 1 is 1.30 bits per heavy atom. The molecule has 27 heavy (non-hydrogen) atoms. The van der Waals surface area contributed by atoms with E-state index in [1.54, 1.807) is 0 Å². The molecular weight excluding hydrogens is 370 g/mol. The van der Waals surface area contributed by atoms with Crippen LogP contribution in [0.5, 0.6) is 0 Å². The van der Waals surface area contributed by atoms with Crippen molar-refractivity contribution in [1.82, 2.24) is 10.2 Å². The van der Waals surface area contributed by atoms with Crippen LogP contribution in [-0.4, -0.2) is 48.1 Å². The van der Waals surface area contributed by atoms with E-state index in [4.69, 9.17) is 16.3 Å². The summed E-state index contributed by atoms with van der Waals surface area (Å²) in [5, 5.41) is 13.7. The molecule has 0 radical (unpaired) electrons. The summed E-state index contributed by atoms with van der Waals surface area (Å²) in [5.74, 6) is -0.390. The summed E-state index contributed by atoms with van der Waals surface area (Å²) in [6.45, 7) is 3.30. The molecule has 1 fully saturated rings. The van der Waals surface area contributed by atoms with Crippen LogP contribution in [0.3, 0.4) is 0 Å². The highest BCUT2D eigenvalue weighted by atomic mass is 35.5. The molecule has 1 saturated heterocycles. The number of nitro groups is 1. The van der Waals surface area contributed by atoms with Crippen molar-refractivity contribution >= 4 is 23.2 Å². The lowest BCUT2D eigenvalue weighted by Gasteiger charge is -2.33. The lowest BCUT2D eigenvalue weighted by molar-refractivity contribution is -0.384. The molecule has 8 heteroatoms. The van der Waals surface area contributed by atoms with E-state index in [1.165, 1.54) is 23.8 Å². The molecule has 142 valence electrons. The van der Waals surface area contributed by atoms with Gasteiger partial charge in [0, 0.05) is 37.8 Å². The number of rotatable bonds is 6. The zero-order valence-corrected chi connectivity index (χ0v) is 15.4. The summed E-state index contributed by atoms with van der Waals surface area (Å²) < 4.78 is 5.73. The van der Waals surface area contributed by atoms with Gasteiger partial charge in [-0.15, -0.1) is 0 Å². The van der Waals surface area contributed by atoms with E-state index in [1.807, 2.05) is 18.2 Å². The molecule has 0 spiro atoms. The van der Waals surface area contributed by atoms with E-state index >= 15 is 0 Å². The van der Waals surface area contributed by atoms with Crippen molar-refractivity contribution in [3.63, 3.8) is 0 Å². The fourth-order valence-electron chi connectivity index (χ4n) is 2.99. The Hall–Kier alpha value is -2.48. The van der Waals surface area contributed by atoms with Crippen LogP contribution >= 0.6 is 11.6 Å². The third kappa shape index (κ3) is 5.26. The monoisotopic (exact) mass is 389 g/mol. The maximum absolute atomic E-state index is 12.3. The van der Waals surface area contributed by atoms with E-state index in [-0.39, 0.29) is 22.4 Å². The summed E-state index contributed by atoms with van der Waals surface area (Å²) in [6, 6.07) is 14.2. The van der Waals surface area contributed by atoms with Crippen molar-refractivity contribution in [3.05, 3.63) is 74.8 Å². The van der Waals surface area contributed by atoms with Crippen LogP contribution in [0.15, 0.2) is 48.5 Å². The minimum Gasteiger partial charge on any atom is -0.374 e. The molecule has 7 nitrogen and oxygen atoms in total. The summed E-state index contributed by atoms with van der Waals surface area (Å²) in [6.07, 6.45) is -0.131. The summed E-state index contributed by atoms with van der Waals surface area (Å²) >= 11 is 5.78. The molecule has 0 bridgehead atoms. The molecule has 3 rings (SSSR count). The number of carbonyl (C=O) groups excluding carboxylic acids is 1. The first kappa shape index (κ1) is 19.3. The number of carbonyl (C=O) groups is 1. The first-order valence-corrected chi connectivity index (χ1v) is 9.01. The highest BCUT2D eigenvalue weighted by Crippen LogP contribution is 2.25. The molecular formula is C19H20ClN3O4. The maximum atomic E-state index is 12.3. The quantitative estimate of drug-likeness (QED) is 0.606. The number of amides is 1. The zero-order chi connectivity index (χ0) is 19.2. The number of benzene rings is 2. The number of nitrogens with one attached hydrogen (secondary N) is 1. The van der Waals surface area contributed by atoms with Gasteiger partial charge in [0.1, 0.15) is 5.02 Å². The van der Waals surface area contributed by atoms with Crippen molar-refractivity contribution in [2.24, 2.45) is 0 Å². The molecule has 1 aliphatic heterocycles. The largest absolute Gasteiger partial charge is 0.374 e. The van der Waals surface area contributed by atoms with E-state index in [0.717, 1.165) is 13.1 Å². The predicted molar refractivity (Wildman–Crippen MR) is 102 cm³/mol. The van der Waals surface area contributed by atoms with Gasteiger partial charge in [0.2, 0.25) is 0 Å². The zero-order valence-electron chi connectivity index (χ0n) is 14.6. The molecule has 1 unspecified atom stereocenters. The number of nitro benzene ring substituents is 1. The normalized spacial score (nSPS) is 17.4. The fourth-order valence-corrected chi connectivity index (χ4v) is 3.18. The summed E-state index contributed by atoms with van der Waals surface area (Å²) in [5.41, 5.74) is 1.14. The molecule has 1 heterocycles. The van der Waals surface area contributed by atoms with Gasteiger partial charge < -0.3 is 10.1 Å². The molecule has 0 saturated carbocycles. The number of halogens is 1. The van der Waals surface area contributed by atoms with Crippen molar-refractivity contribution in [2.45, 2.75) is 12.6 Å². The van der Waals surface area contributed by atoms with E-state index in [0.29, 0.717) is 19.7 Å². The van der Waals surface area contributed by atoms with E-state index < -0.39 is 10.8 Å². The predicted octanol–water partition coefficient (Wildman–Crippen LogP) is 2.88. The van der Waals surface area contributed by atoms with Crippen LogP contribution in [0.1, 0.15) is 15.9 Å². The average Bonchev–Trinajstić information content (AvgIpc) is 2.67. The minimum absolute atomic E-state index is 0.00344. The Kier molecular flexibility index (Phi) is 6.39. The summed E-state index contributed by atoms with van der Waals surface area (Å²) in [7, 11) is 0. The number of hydrogen-bond acceptors (Lipinski definition) is 5. The molecule has 1 amide bonds. The van der Waals surface area contributed by atoms with Crippen LogP contribution in [0, 0.1) is 10.1 Å². The first-order valence-electron chi connectivity index (χ1n) is 8.63. The average molecular weight is 390 g/mol. The Bertz CT molecular complexity index is 816. The first-order chi connectivity index (χ1) is 13.0. The van der Waals surface area contributed by atoms with Gasteiger partial charge >= 0.3 is 0 Å². The number of hydrogen-bond donors (Lipinski definition) is 1. The van der Waals surface area contributed by atoms with Gasteiger partial charge in [0.15, 0.2) is 0 Å². The van der Waals surface area contributed by atoms with Crippen LogP contribution in [0.2, 0.25) is 5.02 Å².